The molecule has 5 nitrogen and oxygen atoms in total. The predicted molar refractivity (Wildman–Crippen MR) is 37.7 cm³/mol. The molecule has 0 fully saturated rings. The Labute approximate surface area is 57.8 Å². The van der Waals surface area contributed by atoms with Crippen molar-refractivity contribution in [3.63, 3.8) is 0 Å². The van der Waals surface area contributed by atoms with Crippen molar-refractivity contribution in [2.75, 3.05) is 0 Å². The molecule has 4 N–H and O–H groups in total. The summed E-state index contributed by atoms with van der Waals surface area (Å²) >= 11 is 0. The largest absolute Gasteiger partial charge is 0.364 e. The fourth-order valence-electron chi connectivity index (χ4n) is 0.658. The zero-order chi connectivity index (χ0) is 7.72. The Morgan fingerprint density at radius 1 is 1.60 bits per heavy atom. The third kappa shape index (κ3) is 0.906. The van der Waals surface area contributed by atoms with Gasteiger partial charge in [-0.15, -0.1) is 5.10 Å². The molecule has 0 spiro atoms. The highest BCUT2D eigenvalue weighted by Gasteiger charge is 2.23. The highest BCUT2D eigenvalue weighted by atomic mass is 16.1. The Bertz CT molecular complexity index is 230. The van der Waals surface area contributed by atoms with Gasteiger partial charge in [-0.25, -0.2) is 0 Å². The Morgan fingerprint density at radius 2 is 2.20 bits per heavy atom. The molecule has 0 aromatic carbocycles. The van der Waals surface area contributed by atoms with Crippen molar-refractivity contribution in [2.45, 2.75) is 13.0 Å². The average molecular weight is 140 g/mol. The van der Waals surface area contributed by atoms with Crippen LogP contribution < -0.4 is 11.5 Å². The molecule has 1 heterocycles. The first-order chi connectivity index (χ1) is 4.63. The summed E-state index contributed by atoms with van der Waals surface area (Å²) in [6.07, 6.45) is 0. The molecule has 0 aromatic heterocycles. The number of rotatable bonds is 1. The first-order valence-electron chi connectivity index (χ1n) is 2.80. The minimum absolute atomic E-state index is 0.137. The number of carbonyl (C=O) groups excluding carboxylic acids is 1. The second-order valence-electron chi connectivity index (χ2n) is 2.07. The lowest BCUT2D eigenvalue weighted by atomic mass is 10.1. The van der Waals surface area contributed by atoms with Crippen molar-refractivity contribution in [1.82, 2.24) is 0 Å². The number of nitrogens with two attached hydrogens (primary N) is 2. The quantitative estimate of drug-likeness (QED) is 0.470. The monoisotopic (exact) mass is 140 g/mol. The van der Waals surface area contributed by atoms with Crippen LogP contribution in [0.2, 0.25) is 0 Å². The summed E-state index contributed by atoms with van der Waals surface area (Å²) in [5.41, 5.74) is 11.1. The highest BCUT2D eigenvalue weighted by molar-refractivity contribution is 6.45. The number of primary amides is 1. The lowest BCUT2D eigenvalue weighted by Crippen LogP contribution is -2.41. The van der Waals surface area contributed by atoms with Crippen LogP contribution in [-0.2, 0) is 4.79 Å². The molecule has 0 bridgehead atoms. The predicted octanol–water partition coefficient (Wildman–Crippen LogP) is -1.37. The third-order valence-electron chi connectivity index (χ3n) is 1.31. The van der Waals surface area contributed by atoms with Crippen molar-refractivity contribution in [2.24, 2.45) is 21.7 Å². The van der Waals surface area contributed by atoms with Gasteiger partial charge in [-0.3, -0.25) is 4.79 Å². The van der Waals surface area contributed by atoms with E-state index in [0.29, 0.717) is 5.71 Å². The molecule has 1 rings (SSSR count). The maximum absolute atomic E-state index is 10.5. The van der Waals surface area contributed by atoms with Crippen molar-refractivity contribution < 1.29 is 4.79 Å². The van der Waals surface area contributed by atoms with Gasteiger partial charge in [0.2, 0.25) is 0 Å². The number of hydrogen-bond acceptors (Lipinski definition) is 4. The summed E-state index contributed by atoms with van der Waals surface area (Å²) in [5.74, 6) is -0.604. The molecule has 0 saturated carbocycles. The average Bonchev–Trinajstić information content (AvgIpc) is 2.14. The minimum Gasteiger partial charge on any atom is -0.364 e. The summed E-state index contributed by atoms with van der Waals surface area (Å²) in [4.78, 5) is 10.5. The van der Waals surface area contributed by atoms with E-state index in [1.165, 1.54) is 0 Å². The molecule has 1 aliphatic rings. The number of amides is 1. The van der Waals surface area contributed by atoms with Crippen molar-refractivity contribution in [3.05, 3.63) is 0 Å². The number of carbonyl (C=O) groups is 1. The second-order valence-corrected chi connectivity index (χ2v) is 2.07. The molecule has 1 aliphatic heterocycles. The van der Waals surface area contributed by atoms with Crippen LogP contribution in [0.4, 0.5) is 0 Å². The normalized spacial score (nSPS) is 24.0. The van der Waals surface area contributed by atoms with Gasteiger partial charge in [0.05, 0.1) is 11.8 Å². The molecular weight excluding hydrogens is 132 g/mol. The lowest BCUT2D eigenvalue weighted by Gasteiger charge is -2.01. The second kappa shape index (κ2) is 2.18. The van der Waals surface area contributed by atoms with E-state index < -0.39 is 11.9 Å². The summed E-state index contributed by atoms with van der Waals surface area (Å²) in [6.45, 7) is 1.70. The first kappa shape index (κ1) is 6.88. The van der Waals surface area contributed by atoms with Gasteiger partial charge < -0.3 is 11.5 Å². The number of hydrogen-bond donors (Lipinski definition) is 2. The molecule has 0 aromatic rings. The summed E-state index contributed by atoms with van der Waals surface area (Å²) in [7, 11) is 0. The van der Waals surface area contributed by atoms with Gasteiger partial charge in [0.1, 0.15) is 5.71 Å². The zero-order valence-corrected chi connectivity index (χ0v) is 5.53. The SMILES string of the molecule is CC1=NN=C(C(N)=O)C1N. The van der Waals surface area contributed by atoms with Gasteiger partial charge in [0, 0.05) is 0 Å². The molecule has 1 atom stereocenters. The van der Waals surface area contributed by atoms with Crippen LogP contribution in [-0.4, -0.2) is 23.4 Å². The van der Waals surface area contributed by atoms with E-state index in [0.717, 1.165) is 0 Å². The summed E-state index contributed by atoms with van der Waals surface area (Å²) < 4.78 is 0. The third-order valence-corrected chi connectivity index (χ3v) is 1.31. The fourth-order valence-corrected chi connectivity index (χ4v) is 0.658. The Morgan fingerprint density at radius 3 is 2.40 bits per heavy atom. The Kier molecular flexibility index (Phi) is 1.50. The Hall–Kier alpha value is -1.23. The molecule has 0 radical (unpaired) electrons. The summed E-state index contributed by atoms with van der Waals surface area (Å²) in [6, 6.07) is -0.502. The van der Waals surface area contributed by atoms with Crippen LogP contribution in [0.1, 0.15) is 6.92 Å². The smallest absolute Gasteiger partial charge is 0.267 e. The van der Waals surface area contributed by atoms with Gasteiger partial charge in [-0.05, 0) is 6.92 Å². The molecule has 54 valence electrons. The Balaban J connectivity index is 2.81. The van der Waals surface area contributed by atoms with Crippen molar-refractivity contribution in [1.29, 1.82) is 0 Å². The van der Waals surface area contributed by atoms with E-state index in [1.54, 1.807) is 6.92 Å². The summed E-state index contributed by atoms with van der Waals surface area (Å²) in [5, 5.41) is 7.10. The molecule has 0 aliphatic carbocycles. The van der Waals surface area contributed by atoms with Gasteiger partial charge in [0.15, 0.2) is 0 Å². The standard InChI is InChI=1S/C5H8N4O/c1-2-3(6)4(5(7)10)9-8-2/h3H,6H2,1H3,(H2,7,10). The molecule has 5 heteroatoms. The minimum atomic E-state index is -0.604. The molecule has 10 heavy (non-hydrogen) atoms. The fraction of sp³-hybridized carbons (Fsp3) is 0.400. The van der Waals surface area contributed by atoms with E-state index in [9.17, 15) is 4.79 Å². The zero-order valence-electron chi connectivity index (χ0n) is 5.53. The molecular formula is C5H8N4O. The van der Waals surface area contributed by atoms with Gasteiger partial charge in [-0.2, -0.15) is 5.10 Å². The topological polar surface area (TPSA) is 93.8 Å². The van der Waals surface area contributed by atoms with E-state index in [4.69, 9.17) is 11.5 Å². The van der Waals surface area contributed by atoms with Crippen LogP contribution in [0.15, 0.2) is 10.2 Å². The van der Waals surface area contributed by atoms with Crippen LogP contribution in [0.25, 0.3) is 0 Å². The number of nitrogens with zero attached hydrogens (tertiary/aromatic N) is 2. The van der Waals surface area contributed by atoms with E-state index in [2.05, 4.69) is 10.2 Å². The van der Waals surface area contributed by atoms with Gasteiger partial charge in [-0.1, -0.05) is 0 Å². The lowest BCUT2D eigenvalue weighted by molar-refractivity contribution is -0.112. The van der Waals surface area contributed by atoms with Crippen LogP contribution in [0.5, 0.6) is 0 Å². The first-order valence-corrected chi connectivity index (χ1v) is 2.80. The van der Waals surface area contributed by atoms with Crippen LogP contribution in [0, 0.1) is 0 Å². The van der Waals surface area contributed by atoms with E-state index >= 15 is 0 Å². The van der Waals surface area contributed by atoms with Crippen LogP contribution in [0.3, 0.4) is 0 Å². The van der Waals surface area contributed by atoms with Gasteiger partial charge >= 0.3 is 0 Å². The van der Waals surface area contributed by atoms with Gasteiger partial charge in [0.25, 0.3) is 5.91 Å². The van der Waals surface area contributed by atoms with Crippen molar-refractivity contribution >= 4 is 17.3 Å². The van der Waals surface area contributed by atoms with E-state index in [-0.39, 0.29) is 5.71 Å². The maximum atomic E-state index is 10.5. The van der Waals surface area contributed by atoms with Crippen LogP contribution >= 0.6 is 0 Å². The van der Waals surface area contributed by atoms with Crippen molar-refractivity contribution in [3.8, 4) is 0 Å². The van der Waals surface area contributed by atoms with E-state index in [1.807, 2.05) is 0 Å². The highest BCUT2D eigenvalue weighted by Crippen LogP contribution is 1.99. The molecule has 0 saturated heterocycles. The molecule has 1 unspecified atom stereocenters. The molecule has 1 amide bonds. The maximum Gasteiger partial charge on any atom is 0.267 e.